The van der Waals surface area contributed by atoms with Gasteiger partial charge in [0.15, 0.2) is 0 Å². The van der Waals surface area contributed by atoms with Crippen LogP contribution >= 0.6 is 0 Å². The quantitative estimate of drug-likeness (QED) is 0.628. The van der Waals surface area contributed by atoms with Crippen molar-refractivity contribution in [2.75, 3.05) is 0 Å². The van der Waals surface area contributed by atoms with Gasteiger partial charge in [-0.2, -0.15) is 0 Å². The zero-order valence-electron chi connectivity index (χ0n) is 10.9. The molecule has 0 bridgehead atoms. The molecular weight excluding hydrogens is 194 g/mol. The molecule has 0 aliphatic carbocycles. The second kappa shape index (κ2) is 5.11. The number of rotatable bonds is 0. The van der Waals surface area contributed by atoms with Crippen LogP contribution in [0.3, 0.4) is 0 Å². The van der Waals surface area contributed by atoms with E-state index in [2.05, 4.69) is 50.0 Å². The topological polar surface area (TPSA) is 12.9 Å². The molecule has 0 saturated carbocycles. The lowest BCUT2D eigenvalue weighted by molar-refractivity contribution is 0.591. The molecule has 2 rings (SSSR count). The number of nitrogens with zero attached hydrogens (tertiary/aromatic N) is 1. The van der Waals surface area contributed by atoms with Gasteiger partial charge in [0.1, 0.15) is 0 Å². The summed E-state index contributed by atoms with van der Waals surface area (Å²) in [5, 5.41) is 2.48. The van der Waals surface area contributed by atoms with E-state index in [0.29, 0.717) is 0 Å². The van der Waals surface area contributed by atoms with Gasteiger partial charge < -0.3 is 0 Å². The van der Waals surface area contributed by atoms with Crippen LogP contribution < -0.4 is 0 Å². The van der Waals surface area contributed by atoms with Crippen LogP contribution in [0.2, 0.25) is 0 Å². The van der Waals surface area contributed by atoms with Crippen molar-refractivity contribution < 1.29 is 0 Å². The predicted octanol–water partition coefficient (Wildman–Crippen LogP) is 4.56. The standard InChI is InChI=1S/C13H15N.C2H6/c1-13(2,3)12-5-4-11-9-14-7-6-10(11)8-12;1-2/h4-9H,1-3H3;1-2H3. The summed E-state index contributed by atoms with van der Waals surface area (Å²) in [6, 6.07) is 8.63. The average molecular weight is 215 g/mol. The van der Waals surface area contributed by atoms with Gasteiger partial charge in [-0.3, -0.25) is 4.98 Å². The largest absolute Gasteiger partial charge is 0.264 e. The van der Waals surface area contributed by atoms with E-state index < -0.39 is 0 Å². The Kier molecular flexibility index (Phi) is 4.05. The molecule has 16 heavy (non-hydrogen) atoms. The molecule has 86 valence electrons. The molecule has 1 nitrogen and oxygen atoms in total. The molecule has 0 unspecified atom stereocenters. The Hall–Kier alpha value is -1.37. The molecular formula is C15H21N. The zero-order valence-corrected chi connectivity index (χ0v) is 10.9. The van der Waals surface area contributed by atoms with Crippen LogP contribution in [0.4, 0.5) is 0 Å². The van der Waals surface area contributed by atoms with E-state index in [1.54, 1.807) is 0 Å². The van der Waals surface area contributed by atoms with Crippen LogP contribution in [0, 0.1) is 0 Å². The third-order valence-corrected chi connectivity index (χ3v) is 2.51. The van der Waals surface area contributed by atoms with Crippen molar-refractivity contribution in [3.8, 4) is 0 Å². The minimum absolute atomic E-state index is 0.220. The van der Waals surface area contributed by atoms with E-state index in [9.17, 15) is 0 Å². The highest BCUT2D eigenvalue weighted by atomic mass is 14.6. The van der Waals surface area contributed by atoms with Crippen LogP contribution in [-0.2, 0) is 5.41 Å². The summed E-state index contributed by atoms with van der Waals surface area (Å²) in [5.41, 5.74) is 1.59. The van der Waals surface area contributed by atoms with Crippen LogP contribution in [-0.4, -0.2) is 4.98 Å². The Balaban J connectivity index is 0.000000606. The van der Waals surface area contributed by atoms with Gasteiger partial charge in [-0.05, 0) is 22.4 Å². The van der Waals surface area contributed by atoms with E-state index in [0.717, 1.165) is 0 Å². The number of fused-ring (bicyclic) bond motifs is 1. The second-order valence-corrected chi connectivity index (χ2v) is 4.69. The van der Waals surface area contributed by atoms with Crippen LogP contribution in [0.25, 0.3) is 10.8 Å². The fourth-order valence-corrected chi connectivity index (χ4v) is 1.55. The maximum absolute atomic E-state index is 4.10. The SMILES string of the molecule is CC.CC(C)(C)c1ccc2cnccc2c1. The summed E-state index contributed by atoms with van der Waals surface area (Å²) in [4.78, 5) is 4.10. The molecule has 0 radical (unpaired) electrons. The Bertz CT molecular complexity index is 452. The van der Waals surface area contributed by atoms with E-state index in [1.165, 1.54) is 16.3 Å². The third-order valence-electron chi connectivity index (χ3n) is 2.51. The van der Waals surface area contributed by atoms with E-state index in [-0.39, 0.29) is 5.41 Å². The lowest BCUT2D eigenvalue weighted by atomic mass is 9.86. The van der Waals surface area contributed by atoms with Gasteiger partial charge >= 0.3 is 0 Å². The number of aromatic nitrogens is 1. The molecule has 0 atom stereocenters. The van der Waals surface area contributed by atoms with Crippen molar-refractivity contribution in [2.24, 2.45) is 0 Å². The highest BCUT2D eigenvalue weighted by molar-refractivity contribution is 5.82. The molecule has 0 amide bonds. The Morgan fingerprint density at radius 2 is 1.62 bits per heavy atom. The lowest BCUT2D eigenvalue weighted by Gasteiger charge is -2.19. The first kappa shape index (κ1) is 12.7. The van der Waals surface area contributed by atoms with Crippen molar-refractivity contribution in [1.82, 2.24) is 4.98 Å². The summed E-state index contributed by atoms with van der Waals surface area (Å²) < 4.78 is 0. The highest BCUT2D eigenvalue weighted by Gasteiger charge is 2.13. The van der Waals surface area contributed by atoms with Gasteiger partial charge in [-0.25, -0.2) is 0 Å². The Labute approximate surface area is 98.5 Å². The Morgan fingerprint density at radius 1 is 0.938 bits per heavy atom. The van der Waals surface area contributed by atoms with Crippen molar-refractivity contribution in [3.05, 3.63) is 42.2 Å². The highest BCUT2D eigenvalue weighted by Crippen LogP contribution is 2.25. The molecule has 1 aromatic carbocycles. The van der Waals surface area contributed by atoms with E-state index >= 15 is 0 Å². The lowest BCUT2D eigenvalue weighted by Crippen LogP contribution is -2.10. The summed E-state index contributed by atoms with van der Waals surface area (Å²) in [7, 11) is 0. The van der Waals surface area contributed by atoms with Gasteiger partial charge in [-0.15, -0.1) is 0 Å². The fraction of sp³-hybridized carbons (Fsp3) is 0.400. The summed E-state index contributed by atoms with van der Waals surface area (Å²) >= 11 is 0. The van der Waals surface area contributed by atoms with Crippen molar-refractivity contribution in [3.63, 3.8) is 0 Å². The van der Waals surface area contributed by atoms with E-state index in [1.807, 2.05) is 26.2 Å². The molecule has 0 aliphatic rings. The number of hydrogen-bond donors (Lipinski definition) is 0. The number of hydrogen-bond acceptors (Lipinski definition) is 1. The first-order chi connectivity index (χ1) is 7.57. The fourth-order valence-electron chi connectivity index (χ4n) is 1.55. The maximum Gasteiger partial charge on any atom is 0.0346 e. The first-order valence-electron chi connectivity index (χ1n) is 5.92. The summed E-state index contributed by atoms with van der Waals surface area (Å²) in [5.74, 6) is 0. The van der Waals surface area contributed by atoms with Gasteiger partial charge in [0.2, 0.25) is 0 Å². The molecule has 0 spiro atoms. The van der Waals surface area contributed by atoms with Crippen LogP contribution in [0.5, 0.6) is 0 Å². The average Bonchev–Trinajstić information content (AvgIpc) is 2.30. The van der Waals surface area contributed by atoms with Crippen molar-refractivity contribution in [2.45, 2.75) is 40.0 Å². The normalized spacial score (nSPS) is 10.8. The Morgan fingerprint density at radius 3 is 2.25 bits per heavy atom. The predicted molar refractivity (Wildman–Crippen MR) is 71.8 cm³/mol. The van der Waals surface area contributed by atoms with Gasteiger partial charge in [-0.1, -0.05) is 52.8 Å². The molecule has 0 saturated heterocycles. The molecule has 1 heteroatoms. The molecule has 1 heterocycles. The minimum Gasteiger partial charge on any atom is -0.264 e. The summed E-state index contributed by atoms with van der Waals surface area (Å²) in [6.07, 6.45) is 3.75. The van der Waals surface area contributed by atoms with Gasteiger partial charge in [0.05, 0.1) is 0 Å². The van der Waals surface area contributed by atoms with Gasteiger partial charge in [0, 0.05) is 17.8 Å². The van der Waals surface area contributed by atoms with Crippen molar-refractivity contribution >= 4 is 10.8 Å². The first-order valence-corrected chi connectivity index (χ1v) is 5.92. The molecule has 0 aliphatic heterocycles. The molecule has 2 aromatic rings. The van der Waals surface area contributed by atoms with Crippen LogP contribution in [0.15, 0.2) is 36.7 Å². The molecule has 1 aromatic heterocycles. The van der Waals surface area contributed by atoms with E-state index in [4.69, 9.17) is 0 Å². The number of pyridine rings is 1. The maximum atomic E-state index is 4.10. The zero-order chi connectivity index (χ0) is 12.2. The summed E-state index contributed by atoms with van der Waals surface area (Å²) in [6.45, 7) is 10.7. The van der Waals surface area contributed by atoms with Crippen molar-refractivity contribution in [1.29, 1.82) is 0 Å². The third kappa shape index (κ3) is 2.82. The molecule has 0 fully saturated rings. The van der Waals surface area contributed by atoms with Gasteiger partial charge in [0.25, 0.3) is 0 Å². The number of benzene rings is 1. The van der Waals surface area contributed by atoms with Crippen LogP contribution in [0.1, 0.15) is 40.2 Å². The smallest absolute Gasteiger partial charge is 0.0346 e. The monoisotopic (exact) mass is 215 g/mol. The molecule has 0 N–H and O–H groups in total. The second-order valence-electron chi connectivity index (χ2n) is 4.69. The minimum atomic E-state index is 0.220.